The highest BCUT2D eigenvalue weighted by Gasteiger charge is 2.52. The van der Waals surface area contributed by atoms with Gasteiger partial charge in [0.25, 0.3) is 0 Å². The van der Waals surface area contributed by atoms with E-state index in [4.69, 9.17) is 11.6 Å². The molecule has 0 bridgehead atoms. The summed E-state index contributed by atoms with van der Waals surface area (Å²) >= 11 is 6.05. The highest BCUT2D eigenvalue weighted by atomic mass is 35.5. The number of benzene rings is 1. The lowest BCUT2D eigenvalue weighted by Gasteiger charge is -2.34. The highest BCUT2D eigenvalue weighted by Crippen LogP contribution is 2.52. The predicted octanol–water partition coefficient (Wildman–Crippen LogP) is 3.92. The Kier molecular flexibility index (Phi) is 6.63. The Labute approximate surface area is 200 Å². The van der Waals surface area contributed by atoms with Crippen LogP contribution in [-0.4, -0.2) is 76.5 Å². The van der Waals surface area contributed by atoms with Gasteiger partial charge in [-0.15, -0.1) is 0 Å². The quantitative estimate of drug-likeness (QED) is 0.699. The van der Waals surface area contributed by atoms with E-state index in [1.807, 2.05) is 41.0 Å². The summed E-state index contributed by atoms with van der Waals surface area (Å²) < 4.78 is 0. The molecular formula is C25H34ClN3O4. The largest absolute Gasteiger partial charge is 0.465 e. The molecule has 3 fully saturated rings. The van der Waals surface area contributed by atoms with Gasteiger partial charge in [0.2, 0.25) is 11.8 Å². The number of rotatable bonds is 5. The number of likely N-dealkylation sites (tertiary alicyclic amines) is 2. The fourth-order valence-electron chi connectivity index (χ4n) is 5.55. The molecule has 0 aromatic heterocycles. The molecule has 1 aliphatic carbocycles. The minimum atomic E-state index is -0.967. The number of halogens is 1. The molecule has 2 heterocycles. The number of amides is 3. The molecule has 1 saturated carbocycles. The lowest BCUT2D eigenvalue weighted by atomic mass is 9.93. The van der Waals surface area contributed by atoms with E-state index in [0.29, 0.717) is 50.6 Å². The zero-order valence-electron chi connectivity index (χ0n) is 19.7. The van der Waals surface area contributed by atoms with E-state index in [2.05, 4.69) is 13.8 Å². The van der Waals surface area contributed by atoms with Crippen molar-refractivity contribution in [2.75, 3.05) is 32.7 Å². The zero-order valence-corrected chi connectivity index (χ0v) is 20.4. The molecule has 180 valence electrons. The second-order valence-electron chi connectivity index (χ2n) is 10.4. The minimum absolute atomic E-state index is 0.0803. The minimum Gasteiger partial charge on any atom is -0.465 e. The normalized spacial score (nSPS) is 26.8. The summed E-state index contributed by atoms with van der Waals surface area (Å²) in [5, 5.41) is 10.4. The molecule has 1 aromatic carbocycles. The van der Waals surface area contributed by atoms with Crippen LogP contribution < -0.4 is 0 Å². The molecule has 33 heavy (non-hydrogen) atoms. The first-order valence-corrected chi connectivity index (χ1v) is 12.3. The van der Waals surface area contributed by atoms with Crippen LogP contribution >= 0.6 is 11.6 Å². The number of piperidine rings is 1. The smallest absolute Gasteiger partial charge is 0.407 e. The fraction of sp³-hybridized carbons (Fsp3) is 0.640. The Balaban J connectivity index is 1.43. The molecule has 3 aliphatic rings. The molecular weight excluding hydrogens is 442 g/mol. The standard InChI is InChI=1S/C25H34ClN3O4/c1-4-29(24(32)33)21-15-28(14-19(21)16-5-7-18(26)8-6-16)22(30)17-9-11-27(12-10-17)23(31)20-13-25(20,2)3/h5-8,17,19-21H,4,9-15H2,1-3H3,(H,32,33)/t19-,20?,21+/m0/s1. The van der Waals surface area contributed by atoms with E-state index in [9.17, 15) is 19.5 Å². The van der Waals surface area contributed by atoms with Gasteiger partial charge in [0.15, 0.2) is 0 Å². The summed E-state index contributed by atoms with van der Waals surface area (Å²) in [6.07, 6.45) is 1.32. The van der Waals surface area contributed by atoms with Crippen molar-refractivity contribution in [1.29, 1.82) is 0 Å². The third kappa shape index (κ3) is 4.84. The topological polar surface area (TPSA) is 81.2 Å². The van der Waals surface area contributed by atoms with Gasteiger partial charge in [-0.05, 0) is 49.3 Å². The molecule has 3 atom stereocenters. The van der Waals surface area contributed by atoms with Crippen LogP contribution in [0.15, 0.2) is 24.3 Å². The van der Waals surface area contributed by atoms with Crippen molar-refractivity contribution in [2.45, 2.75) is 52.0 Å². The zero-order chi connectivity index (χ0) is 23.9. The van der Waals surface area contributed by atoms with Gasteiger partial charge in [-0.1, -0.05) is 37.6 Å². The number of hydrogen-bond donors (Lipinski definition) is 1. The van der Waals surface area contributed by atoms with Crippen molar-refractivity contribution in [3.8, 4) is 0 Å². The van der Waals surface area contributed by atoms with Gasteiger partial charge < -0.3 is 19.8 Å². The SMILES string of the molecule is CCN(C(=O)O)[C@@H]1CN(C(=O)C2CCN(C(=O)C3CC3(C)C)CC2)C[C@H]1c1ccc(Cl)cc1. The van der Waals surface area contributed by atoms with E-state index in [1.54, 1.807) is 0 Å². The maximum atomic E-state index is 13.4. The molecule has 1 unspecified atom stereocenters. The van der Waals surface area contributed by atoms with Gasteiger partial charge in [0.05, 0.1) is 6.04 Å². The molecule has 2 saturated heterocycles. The van der Waals surface area contributed by atoms with E-state index in [-0.39, 0.29) is 41.0 Å². The van der Waals surface area contributed by atoms with Crippen molar-refractivity contribution in [3.63, 3.8) is 0 Å². The van der Waals surface area contributed by atoms with Crippen LogP contribution in [0.4, 0.5) is 4.79 Å². The Morgan fingerprint density at radius 2 is 1.67 bits per heavy atom. The Hall–Kier alpha value is -2.28. The van der Waals surface area contributed by atoms with E-state index in [1.165, 1.54) is 4.90 Å². The van der Waals surface area contributed by atoms with Gasteiger partial charge in [0.1, 0.15) is 0 Å². The third-order valence-corrected chi connectivity index (χ3v) is 8.10. The summed E-state index contributed by atoms with van der Waals surface area (Å²) in [5.41, 5.74) is 1.10. The van der Waals surface area contributed by atoms with Crippen molar-refractivity contribution in [1.82, 2.24) is 14.7 Å². The van der Waals surface area contributed by atoms with Crippen molar-refractivity contribution < 1.29 is 19.5 Å². The van der Waals surface area contributed by atoms with Gasteiger partial charge in [-0.3, -0.25) is 9.59 Å². The van der Waals surface area contributed by atoms with Crippen LogP contribution in [0.3, 0.4) is 0 Å². The van der Waals surface area contributed by atoms with Gasteiger partial charge >= 0.3 is 6.09 Å². The predicted molar refractivity (Wildman–Crippen MR) is 126 cm³/mol. The van der Waals surface area contributed by atoms with Gasteiger partial charge in [-0.2, -0.15) is 0 Å². The summed E-state index contributed by atoms with van der Waals surface area (Å²) in [4.78, 5) is 43.2. The fourth-order valence-corrected chi connectivity index (χ4v) is 5.67. The van der Waals surface area contributed by atoms with Crippen LogP contribution in [0, 0.1) is 17.3 Å². The molecule has 0 radical (unpaired) electrons. The number of carboxylic acid groups (broad SMARTS) is 1. The van der Waals surface area contributed by atoms with Crippen LogP contribution in [0.5, 0.6) is 0 Å². The number of carbonyl (C=O) groups is 3. The summed E-state index contributed by atoms with van der Waals surface area (Å²) in [7, 11) is 0. The molecule has 1 aromatic rings. The lowest BCUT2D eigenvalue weighted by Crippen LogP contribution is -2.46. The Bertz CT molecular complexity index is 911. The molecule has 4 rings (SSSR count). The molecule has 8 heteroatoms. The number of carbonyl (C=O) groups excluding carboxylic acids is 2. The van der Waals surface area contributed by atoms with Crippen LogP contribution in [0.25, 0.3) is 0 Å². The maximum absolute atomic E-state index is 13.4. The molecule has 7 nitrogen and oxygen atoms in total. The number of likely N-dealkylation sites (N-methyl/N-ethyl adjacent to an activating group) is 1. The molecule has 2 aliphatic heterocycles. The average molecular weight is 476 g/mol. The molecule has 1 N–H and O–H groups in total. The van der Waals surface area contributed by atoms with E-state index >= 15 is 0 Å². The average Bonchev–Trinajstić information content (AvgIpc) is 3.22. The van der Waals surface area contributed by atoms with Crippen LogP contribution in [0.2, 0.25) is 5.02 Å². The Morgan fingerprint density at radius 3 is 2.18 bits per heavy atom. The van der Waals surface area contributed by atoms with Crippen molar-refractivity contribution in [3.05, 3.63) is 34.9 Å². The second-order valence-corrected chi connectivity index (χ2v) is 10.8. The lowest BCUT2D eigenvalue weighted by molar-refractivity contribution is -0.141. The number of hydrogen-bond acceptors (Lipinski definition) is 3. The molecule has 3 amide bonds. The monoisotopic (exact) mass is 475 g/mol. The first kappa shape index (κ1) is 23.9. The van der Waals surface area contributed by atoms with Gasteiger partial charge in [-0.25, -0.2) is 4.79 Å². The highest BCUT2D eigenvalue weighted by molar-refractivity contribution is 6.30. The van der Waals surface area contributed by atoms with Crippen LogP contribution in [0.1, 0.15) is 51.5 Å². The van der Waals surface area contributed by atoms with Crippen molar-refractivity contribution in [2.24, 2.45) is 17.3 Å². The van der Waals surface area contributed by atoms with Crippen molar-refractivity contribution >= 4 is 29.5 Å². The number of nitrogens with zero attached hydrogens (tertiary/aromatic N) is 3. The van der Waals surface area contributed by atoms with E-state index in [0.717, 1.165) is 12.0 Å². The summed E-state index contributed by atoms with van der Waals surface area (Å²) in [5.74, 6) is 0.221. The first-order valence-electron chi connectivity index (χ1n) is 11.9. The van der Waals surface area contributed by atoms with Crippen LogP contribution in [-0.2, 0) is 9.59 Å². The maximum Gasteiger partial charge on any atom is 0.407 e. The first-order chi connectivity index (χ1) is 15.6. The summed E-state index contributed by atoms with van der Waals surface area (Å²) in [6, 6.07) is 7.17. The second kappa shape index (κ2) is 9.16. The third-order valence-electron chi connectivity index (χ3n) is 7.85. The van der Waals surface area contributed by atoms with Gasteiger partial charge in [0, 0.05) is 55.5 Å². The summed E-state index contributed by atoms with van der Waals surface area (Å²) in [6.45, 7) is 8.57. The van der Waals surface area contributed by atoms with E-state index < -0.39 is 6.09 Å². The Morgan fingerprint density at radius 1 is 1.06 bits per heavy atom. The molecule has 0 spiro atoms.